The Kier molecular flexibility index (Phi) is 5.80. The van der Waals surface area contributed by atoms with E-state index in [4.69, 9.17) is 4.74 Å². The summed E-state index contributed by atoms with van der Waals surface area (Å²) >= 11 is 0. The number of fused-ring (bicyclic) bond motifs is 1. The van der Waals surface area contributed by atoms with Crippen LogP contribution in [0.15, 0.2) is 78.9 Å². The van der Waals surface area contributed by atoms with E-state index in [1.54, 1.807) is 12.0 Å². The van der Waals surface area contributed by atoms with E-state index in [1.165, 1.54) is 0 Å². The summed E-state index contributed by atoms with van der Waals surface area (Å²) in [5, 5.41) is 3.01. The van der Waals surface area contributed by atoms with Crippen molar-refractivity contribution in [3.8, 4) is 5.75 Å². The first-order valence-electron chi connectivity index (χ1n) is 9.99. The molecule has 152 valence electrons. The first-order valence-corrected chi connectivity index (χ1v) is 9.99. The van der Waals surface area contributed by atoms with Gasteiger partial charge in [-0.2, -0.15) is 0 Å². The lowest BCUT2D eigenvalue weighted by Crippen LogP contribution is -2.48. The van der Waals surface area contributed by atoms with Crippen molar-refractivity contribution in [1.82, 2.24) is 10.2 Å². The van der Waals surface area contributed by atoms with Gasteiger partial charge in [0.15, 0.2) is 0 Å². The Morgan fingerprint density at radius 1 is 1.00 bits per heavy atom. The maximum absolute atomic E-state index is 13.2. The van der Waals surface area contributed by atoms with E-state index in [-0.39, 0.29) is 11.8 Å². The van der Waals surface area contributed by atoms with E-state index in [0.717, 1.165) is 22.4 Å². The third-order valence-electron chi connectivity index (χ3n) is 5.40. The summed E-state index contributed by atoms with van der Waals surface area (Å²) in [6, 6.07) is 24.3. The zero-order chi connectivity index (χ0) is 20.9. The fourth-order valence-electron chi connectivity index (χ4n) is 3.80. The molecule has 0 radical (unpaired) electrons. The van der Waals surface area contributed by atoms with Crippen LogP contribution in [-0.2, 0) is 24.3 Å². The van der Waals surface area contributed by atoms with Crippen LogP contribution in [0.3, 0.4) is 0 Å². The summed E-state index contributed by atoms with van der Waals surface area (Å²) < 4.78 is 5.25. The van der Waals surface area contributed by atoms with Gasteiger partial charge < -0.3 is 15.0 Å². The second kappa shape index (κ2) is 8.82. The minimum atomic E-state index is -0.585. The Morgan fingerprint density at radius 3 is 2.50 bits per heavy atom. The van der Waals surface area contributed by atoms with E-state index in [2.05, 4.69) is 5.32 Å². The van der Waals surface area contributed by atoms with Crippen LogP contribution in [0, 0.1) is 0 Å². The molecule has 1 heterocycles. The highest BCUT2D eigenvalue weighted by atomic mass is 16.5. The van der Waals surface area contributed by atoms with Gasteiger partial charge in [-0.15, -0.1) is 0 Å². The van der Waals surface area contributed by atoms with Gasteiger partial charge in [-0.25, -0.2) is 0 Å². The number of nitrogens with one attached hydrogen (secondary N) is 1. The van der Waals surface area contributed by atoms with Crippen molar-refractivity contribution < 1.29 is 14.3 Å². The van der Waals surface area contributed by atoms with Crippen LogP contribution in [0.5, 0.6) is 5.75 Å². The standard InChI is InChI=1S/C25H24N2O3/c1-30-21-12-7-10-19(14-21)16-26-24(28)23(15-18-8-3-2-4-9-18)27-17-20-11-5-6-13-22(20)25(27)29/h2-14,23H,15-17H2,1H3,(H,26,28)/t23-/m0/s1. The van der Waals surface area contributed by atoms with Gasteiger partial charge in [0.05, 0.1) is 7.11 Å². The van der Waals surface area contributed by atoms with Gasteiger partial charge in [0.2, 0.25) is 5.91 Å². The van der Waals surface area contributed by atoms with Crippen LogP contribution in [-0.4, -0.2) is 29.9 Å². The van der Waals surface area contributed by atoms with Crippen molar-refractivity contribution in [3.63, 3.8) is 0 Å². The maximum atomic E-state index is 13.2. The van der Waals surface area contributed by atoms with E-state index >= 15 is 0 Å². The summed E-state index contributed by atoms with van der Waals surface area (Å²) in [5.74, 6) is 0.485. The normalized spacial score (nSPS) is 13.6. The number of carbonyl (C=O) groups is 2. The van der Waals surface area contributed by atoms with Crippen LogP contribution in [0.1, 0.15) is 27.0 Å². The Labute approximate surface area is 176 Å². The molecule has 30 heavy (non-hydrogen) atoms. The monoisotopic (exact) mass is 400 g/mol. The second-order valence-electron chi connectivity index (χ2n) is 7.37. The smallest absolute Gasteiger partial charge is 0.255 e. The summed E-state index contributed by atoms with van der Waals surface area (Å²) in [4.78, 5) is 27.9. The van der Waals surface area contributed by atoms with E-state index < -0.39 is 6.04 Å². The van der Waals surface area contributed by atoms with Gasteiger partial charge in [0.1, 0.15) is 11.8 Å². The van der Waals surface area contributed by atoms with Gasteiger partial charge in [0.25, 0.3) is 5.91 Å². The summed E-state index contributed by atoms with van der Waals surface area (Å²) in [7, 11) is 1.62. The molecule has 0 fully saturated rings. The molecule has 0 aliphatic carbocycles. The molecule has 5 heteroatoms. The zero-order valence-corrected chi connectivity index (χ0v) is 16.9. The highest BCUT2D eigenvalue weighted by Crippen LogP contribution is 2.26. The van der Waals surface area contributed by atoms with Gasteiger partial charge in [-0.1, -0.05) is 60.7 Å². The minimum Gasteiger partial charge on any atom is -0.497 e. The molecule has 4 rings (SSSR count). The fraction of sp³-hybridized carbons (Fsp3) is 0.200. The van der Waals surface area contributed by atoms with E-state index in [9.17, 15) is 9.59 Å². The van der Waals surface area contributed by atoms with Crippen LogP contribution < -0.4 is 10.1 Å². The SMILES string of the molecule is COc1cccc(CNC(=O)[C@H](Cc2ccccc2)N2Cc3ccccc3C2=O)c1. The maximum Gasteiger partial charge on any atom is 0.255 e. The molecule has 3 aromatic carbocycles. The van der Waals surface area contributed by atoms with E-state index in [0.29, 0.717) is 25.1 Å². The molecular weight excluding hydrogens is 376 g/mol. The molecular formula is C25H24N2O3. The number of benzene rings is 3. The number of ether oxygens (including phenoxy) is 1. The van der Waals surface area contributed by atoms with Crippen molar-refractivity contribution in [2.75, 3.05) is 7.11 Å². The molecule has 5 nitrogen and oxygen atoms in total. The molecule has 3 aromatic rings. The highest BCUT2D eigenvalue weighted by molar-refractivity contribution is 6.01. The average molecular weight is 400 g/mol. The van der Waals surface area contributed by atoms with Gasteiger partial charge in [0, 0.05) is 25.1 Å². The molecule has 0 aromatic heterocycles. The third kappa shape index (κ3) is 4.20. The molecule has 0 saturated heterocycles. The molecule has 1 N–H and O–H groups in total. The Hall–Kier alpha value is -3.60. The Bertz CT molecular complexity index is 1050. The molecule has 0 bridgehead atoms. The first kappa shape index (κ1) is 19.7. The number of nitrogens with zero attached hydrogens (tertiary/aromatic N) is 1. The number of carbonyl (C=O) groups excluding carboxylic acids is 2. The van der Waals surface area contributed by atoms with Crippen molar-refractivity contribution in [3.05, 3.63) is 101 Å². The second-order valence-corrected chi connectivity index (χ2v) is 7.37. The van der Waals surface area contributed by atoms with Crippen LogP contribution >= 0.6 is 0 Å². The minimum absolute atomic E-state index is 0.0944. The van der Waals surface area contributed by atoms with Gasteiger partial charge >= 0.3 is 0 Å². The van der Waals surface area contributed by atoms with Crippen molar-refractivity contribution in [2.24, 2.45) is 0 Å². The lowest BCUT2D eigenvalue weighted by atomic mass is 10.0. The van der Waals surface area contributed by atoms with Crippen molar-refractivity contribution in [2.45, 2.75) is 25.6 Å². The first-order chi connectivity index (χ1) is 14.7. The summed E-state index contributed by atoms with van der Waals surface area (Å²) in [5.41, 5.74) is 3.59. The van der Waals surface area contributed by atoms with E-state index in [1.807, 2.05) is 78.9 Å². The lowest BCUT2D eigenvalue weighted by Gasteiger charge is -2.27. The number of hydrogen-bond acceptors (Lipinski definition) is 3. The highest BCUT2D eigenvalue weighted by Gasteiger charge is 2.36. The Morgan fingerprint density at radius 2 is 1.73 bits per heavy atom. The quantitative estimate of drug-likeness (QED) is 0.660. The third-order valence-corrected chi connectivity index (χ3v) is 5.40. The average Bonchev–Trinajstić information content (AvgIpc) is 3.13. The summed E-state index contributed by atoms with van der Waals surface area (Å²) in [6.45, 7) is 0.815. The van der Waals surface area contributed by atoms with Crippen molar-refractivity contribution in [1.29, 1.82) is 0 Å². The number of hydrogen-bond donors (Lipinski definition) is 1. The number of amides is 2. The Balaban J connectivity index is 1.54. The number of methoxy groups -OCH3 is 1. The van der Waals surface area contributed by atoms with Gasteiger partial charge in [-0.05, 0) is 34.9 Å². The molecule has 1 aliphatic heterocycles. The largest absolute Gasteiger partial charge is 0.497 e. The number of rotatable bonds is 7. The lowest BCUT2D eigenvalue weighted by molar-refractivity contribution is -0.125. The van der Waals surface area contributed by atoms with Crippen molar-refractivity contribution >= 4 is 11.8 Å². The van der Waals surface area contributed by atoms with Gasteiger partial charge in [-0.3, -0.25) is 9.59 Å². The molecule has 0 spiro atoms. The topological polar surface area (TPSA) is 58.6 Å². The predicted molar refractivity (Wildman–Crippen MR) is 115 cm³/mol. The zero-order valence-electron chi connectivity index (χ0n) is 16.9. The molecule has 0 unspecified atom stereocenters. The fourth-order valence-corrected chi connectivity index (χ4v) is 3.80. The molecule has 0 saturated carbocycles. The molecule has 1 atom stereocenters. The molecule has 1 aliphatic rings. The predicted octanol–water partition coefficient (Wildman–Crippen LogP) is 3.58. The van der Waals surface area contributed by atoms with Crippen LogP contribution in [0.4, 0.5) is 0 Å². The summed E-state index contributed by atoms with van der Waals surface area (Å²) in [6.07, 6.45) is 0.463. The van der Waals surface area contributed by atoms with Crippen LogP contribution in [0.2, 0.25) is 0 Å². The van der Waals surface area contributed by atoms with Crippen LogP contribution in [0.25, 0.3) is 0 Å². The molecule has 2 amide bonds.